The van der Waals surface area contributed by atoms with Crippen molar-refractivity contribution >= 4 is 0 Å². The SMILES string of the molecule is c1ccc(Cn2cc(-c3ccon3)cn2)cc1. The van der Waals surface area contributed by atoms with Crippen LogP contribution in [0.25, 0.3) is 11.3 Å². The third-order valence-electron chi connectivity index (χ3n) is 2.55. The summed E-state index contributed by atoms with van der Waals surface area (Å²) in [5, 5.41) is 8.18. The van der Waals surface area contributed by atoms with Gasteiger partial charge in [0.1, 0.15) is 12.0 Å². The second kappa shape index (κ2) is 4.25. The summed E-state index contributed by atoms with van der Waals surface area (Å²) in [5.41, 5.74) is 3.00. The van der Waals surface area contributed by atoms with Gasteiger partial charge in [0.25, 0.3) is 0 Å². The summed E-state index contributed by atoms with van der Waals surface area (Å²) in [7, 11) is 0. The van der Waals surface area contributed by atoms with Crippen molar-refractivity contribution in [1.82, 2.24) is 14.9 Å². The zero-order chi connectivity index (χ0) is 11.5. The Balaban J connectivity index is 1.82. The molecule has 0 aliphatic heterocycles. The Labute approximate surface area is 98.5 Å². The van der Waals surface area contributed by atoms with Gasteiger partial charge < -0.3 is 4.52 Å². The second-order valence-electron chi connectivity index (χ2n) is 3.80. The molecule has 2 heterocycles. The molecule has 0 saturated carbocycles. The lowest BCUT2D eigenvalue weighted by atomic mass is 10.2. The maximum absolute atomic E-state index is 4.81. The summed E-state index contributed by atoms with van der Waals surface area (Å²) in [6.45, 7) is 0.763. The Kier molecular flexibility index (Phi) is 2.46. The molecular weight excluding hydrogens is 214 g/mol. The van der Waals surface area contributed by atoms with Crippen LogP contribution in [0.3, 0.4) is 0 Å². The van der Waals surface area contributed by atoms with Crippen LogP contribution >= 0.6 is 0 Å². The van der Waals surface area contributed by atoms with Gasteiger partial charge in [-0.2, -0.15) is 5.10 Å². The van der Waals surface area contributed by atoms with Crippen molar-refractivity contribution in [1.29, 1.82) is 0 Å². The number of benzene rings is 1. The minimum Gasteiger partial charge on any atom is -0.364 e. The first kappa shape index (κ1) is 9.84. The molecule has 0 aliphatic rings. The van der Waals surface area contributed by atoms with E-state index < -0.39 is 0 Å². The fraction of sp³-hybridized carbons (Fsp3) is 0.0769. The third kappa shape index (κ3) is 2.10. The smallest absolute Gasteiger partial charge is 0.124 e. The molecule has 3 rings (SSSR count). The topological polar surface area (TPSA) is 43.9 Å². The van der Waals surface area contributed by atoms with Gasteiger partial charge in [0.2, 0.25) is 0 Å². The van der Waals surface area contributed by atoms with Crippen molar-refractivity contribution in [3.63, 3.8) is 0 Å². The van der Waals surface area contributed by atoms with Crippen LogP contribution in [0.15, 0.2) is 59.6 Å². The molecule has 0 fully saturated rings. The lowest BCUT2D eigenvalue weighted by Gasteiger charge is -2.00. The molecule has 0 aliphatic carbocycles. The fourth-order valence-electron chi connectivity index (χ4n) is 1.71. The van der Waals surface area contributed by atoms with Crippen LogP contribution in [0, 0.1) is 0 Å². The Morgan fingerprint density at radius 2 is 2.00 bits per heavy atom. The van der Waals surface area contributed by atoms with E-state index in [1.165, 1.54) is 5.56 Å². The van der Waals surface area contributed by atoms with E-state index in [2.05, 4.69) is 22.4 Å². The van der Waals surface area contributed by atoms with Crippen LogP contribution in [-0.2, 0) is 6.54 Å². The Morgan fingerprint density at radius 3 is 2.76 bits per heavy atom. The molecule has 0 spiro atoms. The lowest BCUT2D eigenvalue weighted by Crippen LogP contribution is -1.99. The maximum atomic E-state index is 4.81. The summed E-state index contributed by atoms with van der Waals surface area (Å²) >= 11 is 0. The molecule has 0 unspecified atom stereocenters. The van der Waals surface area contributed by atoms with Gasteiger partial charge in [0.15, 0.2) is 0 Å². The van der Waals surface area contributed by atoms with Crippen LogP contribution in [0.2, 0.25) is 0 Å². The predicted octanol–water partition coefficient (Wildman–Crippen LogP) is 2.59. The van der Waals surface area contributed by atoms with Gasteiger partial charge in [0, 0.05) is 17.8 Å². The second-order valence-corrected chi connectivity index (χ2v) is 3.80. The average molecular weight is 225 g/mol. The Hall–Kier alpha value is -2.36. The van der Waals surface area contributed by atoms with Gasteiger partial charge in [-0.25, -0.2) is 0 Å². The first-order valence-electron chi connectivity index (χ1n) is 5.39. The van der Waals surface area contributed by atoms with Crippen molar-refractivity contribution < 1.29 is 4.52 Å². The van der Waals surface area contributed by atoms with E-state index in [1.54, 1.807) is 12.5 Å². The van der Waals surface area contributed by atoms with Gasteiger partial charge in [0.05, 0.1) is 12.7 Å². The number of aromatic nitrogens is 3. The molecule has 0 atom stereocenters. The van der Waals surface area contributed by atoms with Crippen LogP contribution < -0.4 is 0 Å². The minimum absolute atomic E-state index is 0.763. The zero-order valence-corrected chi connectivity index (χ0v) is 9.15. The number of nitrogens with zero attached hydrogens (tertiary/aromatic N) is 3. The van der Waals surface area contributed by atoms with Gasteiger partial charge in [-0.15, -0.1) is 0 Å². The fourth-order valence-corrected chi connectivity index (χ4v) is 1.71. The molecule has 1 aromatic carbocycles. The van der Waals surface area contributed by atoms with Crippen molar-refractivity contribution in [2.75, 3.05) is 0 Å². The summed E-state index contributed by atoms with van der Waals surface area (Å²) in [6, 6.07) is 12.0. The lowest BCUT2D eigenvalue weighted by molar-refractivity contribution is 0.422. The van der Waals surface area contributed by atoms with Crippen molar-refractivity contribution in [2.45, 2.75) is 6.54 Å². The third-order valence-corrected chi connectivity index (χ3v) is 2.55. The van der Waals surface area contributed by atoms with Crippen LogP contribution in [0.5, 0.6) is 0 Å². The monoisotopic (exact) mass is 225 g/mol. The van der Waals surface area contributed by atoms with Crippen molar-refractivity contribution in [3.05, 3.63) is 60.6 Å². The Bertz CT molecular complexity index is 584. The molecule has 0 bridgehead atoms. The molecule has 0 N–H and O–H groups in total. The Morgan fingerprint density at radius 1 is 1.12 bits per heavy atom. The van der Waals surface area contributed by atoms with Crippen LogP contribution in [0.1, 0.15) is 5.56 Å². The quantitative estimate of drug-likeness (QED) is 0.688. The average Bonchev–Trinajstić information content (AvgIpc) is 3.00. The van der Waals surface area contributed by atoms with E-state index in [0.29, 0.717) is 0 Å². The molecular formula is C13H11N3O. The van der Waals surface area contributed by atoms with Gasteiger partial charge >= 0.3 is 0 Å². The molecule has 84 valence electrons. The predicted molar refractivity (Wildman–Crippen MR) is 63.3 cm³/mol. The molecule has 0 radical (unpaired) electrons. The number of hydrogen-bond donors (Lipinski definition) is 0. The van der Waals surface area contributed by atoms with E-state index in [1.807, 2.05) is 35.1 Å². The van der Waals surface area contributed by atoms with E-state index in [9.17, 15) is 0 Å². The number of rotatable bonds is 3. The summed E-state index contributed by atoms with van der Waals surface area (Å²) in [5.74, 6) is 0. The zero-order valence-electron chi connectivity index (χ0n) is 9.15. The summed E-state index contributed by atoms with van der Waals surface area (Å²) in [4.78, 5) is 0. The molecule has 0 saturated heterocycles. The number of hydrogen-bond acceptors (Lipinski definition) is 3. The van der Waals surface area contributed by atoms with Gasteiger partial charge in [-0.05, 0) is 5.56 Å². The van der Waals surface area contributed by atoms with E-state index >= 15 is 0 Å². The van der Waals surface area contributed by atoms with Crippen LogP contribution in [0.4, 0.5) is 0 Å². The highest BCUT2D eigenvalue weighted by Crippen LogP contribution is 2.15. The van der Waals surface area contributed by atoms with Gasteiger partial charge in [-0.3, -0.25) is 4.68 Å². The summed E-state index contributed by atoms with van der Waals surface area (Å²) < 4.78 is 6.70. The van der Waals surface area contributed by atoms with Crippen molar-refractivity contribution in [2.24, 2.45) is 0 Å². The molecule has 17 heavy (non-hydrogen) atoms. The first-order chi connectivity index (χ1) is 8.42. The minimum atomic E-state index is 0.763. The van der Waals surface area contributed by atoms with E-state index in [0.717, 1.165) is 17.8 Å². The van der Waals surface area contributed by atoms with Crippen LogP contribution in [-0.4, -0.2) is 14.9 Å². The first-order valence-corrected chi connectivity index (χ1v) is 5.39. The highest BCUT2D eigenvalue weighted by Gasteiger charge is 2.04. The highest BCUT2D eigenvalue weighted by atomic mass is 16.5. The molecule has 4 nitrogen and oxygen atoms in total. The summed E-state index contributed by atoms with van der Waals surface area (Å²) in [6.07, 6.45) is 5.31. The van der Waals surface area contributed by atoms with E-state index in [4.69, 9.17) is 4.52 Å². The molecule has 2 aromatic heterocycles. The largest absolute Gasteiger partial charge is 0.364 e. The standard InChI is InChI=1S/C13H11N3O/c1-2-4-11(5-3-1)9-16-10-12(8-14-16)13-6-7-17-15-13/h1-8,10H,9H2. The highest BCUT2D eigenvalue weighted by molar-refractivity contribution is 5.55. The molecule has 4 heteroatoms. The molecule has 0 amide bonds. The molecule has 3 aromatic rings. The van der Waals surface area contributed by atoms with E-state index in [-0.39, 0.29) is 0 Å². The van der Waals surface area contributed by atoms with Crippen molar-refractivity contribution in [3.8, 4) is 11.3 Å². The maximum Gasteiger partial charge on any atom is 0.124 e. The van der Waals surface area contributed by atoms with Gasteiger partial charge in [-0.1, -0.05) is 35.5 Å². The normalized spacial score (nSPS) is 10.6.